The molecule has 0 bridgehead atoms. The predicted molar refractivity (Wildman–Crippen MR) is 182 cm³/mol. The zero-order valence-electron chi connectivity index (χ0n) is 32.1. The molecule has 1 spiro atoms. The lowest BCUT2D eigenvalue weighted by molar-refractivity contribution is -0.158. The number of esters is 1. The Kier molecular flexibility index (Phi) is 11.3. The number of ether oxygens (including phenoxy) is 5. The van der Waals surface area contributed by atoms with Crippen molar-refractivity contribution in [2.24, 2.45) is 9.98 Å². The molecule has 0 unspecified atom stereocenters. The SMILES string of the molecule is CC(=O)NC[C@H]1[C@@H]2N=C(NC(=O)OC(C)(C)C)N(C(=O)OC(C)(C)C)[C@@]23[C@@H](OC(C)=O)CCN3/C(=N\C(=O)OC(C)(C)C)N1C(=O)OC(C)(C)C. The van der Waals surface area contributed by atoms with Gasteiger partial charge in [-0.2, -0.15) is 0 Å². The highest BCUT2D eigenvalue weighted by Crippen LogP contribution is 2.49. The summed E-state index contributed by atoms with van der Waals surface area (Å²) in [6.07, 6.45) is -5.25. The number of guanidine groups is 2. The van der Waals surface area contributed by atoms with Crippen LogP contribution >= 0.6 is 0 Å². The molecule has 286 valence electrons. The first kappa shape index (κ1) is 40.8. The fraction of sp³-hybridized carbons (Fsp3) is 0.758. The first-order valence-corrected chi connectivity index (χ1v) is 16.7. The molecule has 2 N–H and O–H groups in total. The average Bonchev–Trinajstić information content (AvgIpc) is 3.39. The number of alkyl carbamates (subject to hydrolysis) is 1. The molecule has 3 heterocycles. The summed E-state index contributed by atoms with van der Waals surface area (Å²) >= 11 is 0. The maximum atomic E-state index is 14.4. The van der Waals surface area contributed by atoms with Crippen LogP contribution in [0.25, 0.3) is 0 Å². The first-order chi connectivity index (χ1) is 23.1. The number of hydrogen-bond acceptors (Lipinski definition) is 12. The summed E-state index contributed by atoms with van der Waals surface area (Å²) in [6, 6.07) is -2.58. The van der Waals surface area contributed by atoms with E-state index in [9.17, 15) is 28.8 Å². The molecule has 18 nitrogen and oxygen atoms in total. The molecular formula is C33H53N7O11. The minimum atomic E-state index is -1.93. The Labute approximate surface area is 298 Å². The molecule has 2 saturated heterocycles. The Hall–Kier alpha value is -4.64. The van der Waals surface area contributed by atoms with Gasteiger partial charge in [-0.05, 0) is 83.1 Å². The van der Waals surface area contributed by atoms with E-state index >= 15 is 0 Å². The zero-order chi connectivity index (χ0) is 39.1. The summed E-state index contributed by atoms with van der Waals surface area (Å²) < 4.78 is 28.5. The highest BCUT2D eigenvalue weighted by Gasteiger charge is 2.73. The molecule has 0 saturated carbocycles. The van der Waals surface area contributed by atoms with Crippen molar-refractivity contribution in [2.75, 3.05) is 13.1 Å². The van der Waals surface area contributed by atoms with Crippen molar-refractivity contribution in [3.05, 3.63) is 0 Å². The number of nitrogens with zero attached hydrogens (tertiary/aromatic N) is 5. The van der Waals surface area contributed by atoms with Crippen molar-refractivity contribution < 1.29 is 52.5 Å². The fourth-order valence-electron chi connectivity index (χ4n) is 5.89. The highest BCUT2D eigenvalue weighted by atomic mass is 16.6. The Morgan fingerprint density at radius 3 is 1.82 bits per heavy atom. The van der Waals surface area contributed by atoms with Crippen LogP contribution in [-0.2, 0) is 33.3 Å². The van der Waals surface area contributed by atoms with Gasteiger partial charge in [0.1, 0.15) is 34.6 Å². The van der Waals surface area contributed by atoms with E-state index in [1.54, 1.807) is 83.1 Å². The summed E-state index contributed by atoms with van der Waals surface area (Å²) in [5, 5.41) is 5.22. The lowest BCUT2D eigenvalue weighted by Gasteiger charge is -2.55. The predicted octanol–water partition coefficient (Wildman–Crippen LogP) is 3.87. The summed E-state index contributed by atoms with van der Waals surface area (Å²) in [5.74, 6) is -1.92. The summed E-state index contributed by atoms with van der Waals surface area (Å²) in [7, 11) is 0. The molecule has 3 rings (SSSR count). The smallest absolute Gasteiger partial charge is 0.437 e. The fourth-order valence-corrected chi connectivity index (χ4v) is 5.89. The van der Waals surface area contributed by atoms with E-state index < -0.39 is 82.5 Å². The van der Waals surface area contributed by atoms with Crippen LogP contribution in [0.4, 0.5) is 19.2 Å². The molecule has 0 radical (unpaired) electrons. The minimum absolute atomic E-state index is 0.0347. The van der Waals surface area contributed by atoms with E-state index in [2.05, 4.69) is 15.6 Å². The molecule has 18 heteroatoms. The van der Waals surface area contributed by atoms with Crippen LogP contribution in [0.5, 0.6) is 0 Å². The minimum Gasteiger partial charge on any atom is -0.458 e. The van der Waals surface area contributed by atoms with Gasteiger partial charge in [0.25, 0.3) is 0 Å². The quantitative estimate of drug-likeness (QED) is 0.314. The molecule has 0 aromatic rings. The van der Waals surface area contributed by atoms with Crippen LogP contribution in [0, 0.1) is 0 Å². The lowest BCUT2D eigenvalue weighted by Crippen LogP contribution is -2.80. The van der Waals surface area contributed by atoms with Crippen molar-refractivity contribution in [3.8, 4) is 0 Å². The second kappa shape index (κ2) is 14.2. The number of carbonyl (C=O) groups excluding carboxylic acids is 6. The molecular weight excluding hydrogens is 670 g/mol. The third-order valence-electron chi connectivity index (χ3n) is 7.17. The third-order valence-corrected chi connectivity index (χ3v) is 7.17. The molecule has 3 aliphatic heterocycles. The number of amides is 5. The van der Waals surface area contributed by atoms with Crippen LogP contribution in [0.3, 0.4) is 0 Å². The number of hydrogen-bond donors (Lipinski definition) is 2. The van der Waals surface area contributed by atoms with E-state index in [-0.39, 0.29) is 31.4 Å². The Morgan fingerprint density at radius 1 is 0.804 bits per heavy atom. The molecule has 4 atom stereocenters. The van der Waals surface area contributed by atoms with Crippen molar-refractivity contribution in [3.63, 3.8) is 0 Å². The van der Waals surface area contributed by atoms with Crippen LogP contribution < -0.4 is 10.6 Å². The van der Waals surface area contributed by atoms with Gasteiger partial charge < -0.3 is 33.9 Å². The second-order valence-electron chi connectivity index (χ2n) is 16.4. The maximum Gasteiger partial charge on any atom is 0.437 e. The Morgan fingerprint density at radius 2 is 1.33 bits per heavy atom. The van der Waals surface area contributed by atoms with Crippen LogP contribution in [-0.4, -0.2) is 122 Å². The van der Waals surface area contributed by atoms with E-state index in [1.807, 2.05) is 0 Å². The van der Waals surface area contributed by atoms with E-state index in [0.29, 0.717) is 0 Å². The molecule has 51 heavy (non-hydrogen) atoms. The monoisotopic (exact) mass is 723 g/mol. The number of aliphatic imine (C=N–C) groups is 2. The van der Waals surface area contributed by atoms with Gasteiger partial charge in [0.05, 0.1) is 6.04 Å². The van der Waals surface area contributed by atoms with Crippen molar-refractivity contribution >= 4 is 48.2 Å². The van der Waals surface area contributed by atoms with Crippen LogP contribution in [0.15, 0.2) is 9.98 Å². The number of rotatable bonds is 3. The molecule has 0 aliphatic carbocycles. The highest BCUT2D eigenvalue weighted by molar-refractivity contribution is 6.07. The van der Waals surface area contributed by atoms with Crippen molar-refractivity contribution in [1.82, 2.24) is 25.3 Å². The topological polar surface area (TPSA) is 207 Å². The maximum absolute atomic E-state index is 14.4. The lowest BCUT2D eigenvalue weighted by atomic mass is 9.85. The molecule has 3 aliphatic rings. The largest absolute Gasteiger partial charge is 0.458 e. The van der Waals surface area contributed by atoms with Gasteiger partial charge in [-0.15, -0.1) is 4.99 Å². The van der Waals surface area contributed by atoms with Crippen molar-refractivity contribution in [1.29, 1.82) is 0 Å². The van der Waals surface area contributed by atoms with E-state index in [1.165, 1.54) is 18.7 Å². The van der Waals surface area contributed by atoms with Gasteiger partial charge in [-0.25, -0.2) is 34.0 Å². The summed E-state index contributed by atoms with van der Waals surface area (Å²) in [5.41, 5.74) is -6.02. The van der Waals surface area contributed by atoms with Gasteiger partial charge in [0, 0.05) is 33.4 Å². The van der Waals surface area contributed by atoms with Crippen LogP contribution in [0.2, 0.25) is 0 Å². The van der Waals surface area contributed by atoms with Gasteiger partial charge in [-0.3, -0.25) is 14.9 Å². The second-order valence-corrected chi connectivity index (χ2v) is 16.4. The first-order valence-electron chi connectivity index (χ1n) is 16.7. The summed E-state index contributed by atoms with van der Waals surface area (Å²) in [6.45, 7) is 21.7. The van der Waals surface area contributed by atoms with E-state index in [0.717, 1.165) is 9.80 Å². The molecule has 5 amide bonds. The number of carbonyl (C=O) groups is 6. The standard InChI is InChI=1S/C33H53N7O11/c1-18(41)34-17-20-22-33(40(28(46)51-32(12,13)14)23(35-22)36-25(43)48-29(3,4)5)21(47-19(2)42)15-16-38(33)24(37-26(44)49-30(6,7)8)39(20)27(45)50-31(9,10)11/h20-22H,15-17H2,1-14H3,(H,34,41)(H,35,36,43)/b37-24+/t20-,21-,22-,33-/m0/s1. The third kappa shape index (κ3) is 9.78. The Bertz CT molecular complexity index is 1480. The average molecular weight is 724 g/mol. The number of nitrogens with one attached hydrogen (secondary N) is 2. The molecule has 0 aromatic heterocycles. The van der Waals surface area contributed by atoms with Gasteiger partial charge in [0.15, 0.2) is 5.66 Å². The zero-order valence-corrected chi connectivity index (χ0v) is 32.1. The molecule has 2 fully saturated rings. The van der Waals surface area contributed by atoms with Crippen LogP contribution in [0.1, 0.15) is 103 Å². The molecule has 0 aromatic carbocycles. The van der Waals surface area contributed by atoms with Gasteiger partial charge in [0.2, 0.25) is 17.8 Å². The Balaban J connectivity index is 2.47. The summed E-state index contributed by atoms with van der Waals surface area (Å²) in [4.78, 5) is 92.9. The van der Waals surface area contributed by atoms with E-state index in [4.69, 9.17) is 28.7 Å². The van der Waals surface area contributed by atoms with Crippen molar-refractivity contribution in [2.45, 2.75) is 150 Å². The van der Waals surface area contributed by atoms with Gasteiger partial charge in [-0.1, -0.05) is 0 Å². The van der Waals surface area contributed by atoms with Gasteiger partial charge >= 0.3 is 30.3 Å². The normalized spacial score (nSPS) is 24.2.